The monoisotopic (exact) mass is 386 g/mol. The fraction of sp³-hybridized carbons (Fsp3) is 0.333. The van der Waals surface area contributed by atoms with Crippen molar-refractivity contribution in [2.75, 3.05) is 24.6 Å². The van der Waals surface area contributed by atoms with Gasteiger partial charge in [-0.1, -0.05) is 35.9 Å². The molecule has 2 amide bonds. The predicted molar refractivity (Wildman–Crippen MR) is 106 cm³/mol. The van der Waals surface area contributed by atoms with Gasteiger partial charge in [0.25, 0.3) is 0 Å². The number of rotatable bonds is 7. The van der Waals surface area contributed by atoms with Crippen molar-refractivity contribution in [3.05, 3.63) is 59.1 Å². The molecule has 0 radical (unpaired) electrons. The Morgan fingerprint density at radius 3 is 2.70 bits per heavy atom. The third-order valence-corrected chi connectivity index (χ3v) is 4.83. The summed E-state index contributed by atoms with van der Waals surface area (Å²) in [4.78, 5) is 26.6. The van der Waals surface area contributed by atoms with Gasteiger partial charge in [0.2, 0.25) is 11.8 Å². The first-order valence-electron chi connectivity index (χ1n) is 9.13. The number of ether oxygens (including phenoxy) is 1. The molecule has 2 aromatic carbocycles. The van der Waals surface area contributed by atoms with Crippen LogP contribution >= 0.6 is 11.6 Å². The molecule has 1 fully saturated rings. The minimum absolute atomic E-state index is 0.0556. The minimum Gasteiger partial charge on any atom is -0.492 e. The lowest BCUT2D eigenvalue weighted by Crippen LogP contribution is -2.34. The molecule has 0 aromatic heterocycles. The average molecular weight is 387 g/mol. The number of carbonyl (C=O) groups excluding carboxylic acids is 2. The van der Waals surface area contributed by atoms with Gasteiger partial charge in [0.05, 0.1) is 18.2 Å². The van der Waals surface area contributed by atoms with Crippen LogP contribution in [0.3, 0.4) is 0 Å². The second-order valence-electron chi connectivity index (χ2n) is 6.47. The maximum absolute atomic E-state index is 12.5. The van der Waals surface area contributed by atoms with Gasteiger partial charge in [-0.05, 0) is 43.2 Å². The third-order valence-electron chi connectivity index (χ3n) is 4.58. The van der Waals surface area contributed by atoms with Gasteiger partial charge < -0.3 is 15.0 Å². The zero-order valence-corrected chi connectivity index (χ0v) is 16.0. The van der Waals surface area contributed by atoms with Crippen LogP contribution in [0.15, 0.2) is 48.5 Å². The van der Waals surface area contributed by atoms with Crippen molar-refractivity contribution in [3.8, 4) is 5.75 Å². The van der Waals surface area contributed by atoms with Crippen molar-refractivity contribution in [1.29, 1.82) is 0 Å². The smallest absolute Gasteiger partial charge is 0.227 e. The molecule has 142 valence electrons. The van der Waals surface area contributed by atoms with Gasteiger partial charge in [-0.2, -0.15) is 0 Å². The minimum atomic E-state index is -0.350. The summed E-state index contributed by atoms with van der Waals surface area (Å²) in [6.07, 6.45) is 0.938. The van der Waals surface area contributed by atoms with E-state index in [-0.39, 0.29) is 24.2 Å². The maximum Gasteiger partial charge on any atom is 0.227 e. The molecule has 1 atom stereocenters. The Kier molecular flexibility index (Phi) is 6.35. The molecule has 0 aliphatic carbocycles. The first kappa shape index (κ1) is 19.2. The molecule has 3 rings (SSSR count). The summed E-state index contributed by atoms with van der Waals surface area (Å²) < 4.78 is 5.61. The summed E-state index contributed by atoms with van der Waals surface area (Å²) in [5.74, 6) is 0.170. The zero-order valence-electron chi connectivity index (χ0n) is 15.3. The fourth-order valence-electron chi connectivity index (χ4n) is 3.20. The number of hydrogen-bond acceptors (Lipinski definition) is 3. The number of amides is 2. The first-order valence-corrected chi connectivity index (χ1v) is 9.50. The van der Waals surface area contributed by atoms with Gasteiger partial charge in [-0.3, -0.25) is 9.59 Å². The third kappa shape index (κ3) is 4.80. The number of hydrogen-bond donors (Lipinski definition) is 1. The molecule has 1 aliphatic heterocycles. The summed E-state index contributed by atoms with van der Waals surface area (Å²) in [5.41, 5.74) is 1.83. The van der Waals surface area contributed by atoms with Crippen molar-refractivity contribution in [1.82, 2.24) is 5.32 Å². The van der Waals surface area contributed by atoms with Gasteiger partial charge in [-0.15, -0.1) is 0 Å². The topological polar surface area (TPSA) is 58.6 Å². The van der Waals surface area contributed by atoms with E-state index in [1.54, 1.807) is 4.90 Å². The van der Waals surface area contributed by atoms with E-state index in [1.807, 2.05) is 55.5 Å². The highest BCUT2D eigenvalue weighted by molar-refractivity contribution is 6.30. The molecule has 5 nitrogen and oxygen atoms in total. The van der Waals surface area contributed by atoms with Crippen LogP contribution in [-0.4, -0.2) is 31.5 Å². The van der Waals surface area contributed by atoms with E-state index in [1.165, 1.54) is 0 Å². The van der Waals surface area contributed by atoms with Crippen LogP contribution in [0.5, 0.6) is 5.75 Å². The van der Waals surface area contributed by atoms with Crippen molar-refractivity contribution >= 4 is 29.1 Å². The Morgan fingerprint density at radius 2 is 1.96 bits per heavy atom. The fourth-order valence-corrected chi connectivity index (χ4v) is 3.33. The van der Waals surface area contributed by atoms with E-state index in [4.69, 9.17) is 16.3 Å². The number of carbonyl (C=O) groups is 2. The van der Waals surface area contributed by atoms with Gasteiger partial charge in [0, 0.05) is 24.5 Å². The molecule has 6 heteroatoms. The van der Waals surface area contributed by atoms with Crippen LogP contribution in [0, 0.1) is 5.92 Å². The van der Waals surface area contributed by atoms with Crippen LogP contribution in [0.1, 0.15) is 18.9 Å². The van der Waals surface area contributed by atoms with Gasteiger partial charge in [-0.25, -0.2) is 0 Å². The van der Waals surface area contributed by atoms with E-state index < -0.39 is 0 Å². The molecule has 27 heavy (non-hydrogen) atoms. The number of benzene rings is 2. The van der Waals surface area contributed by atoms with Crippen LogP contribution in [-0.2, 0) is 16.0 Å². The largest absolute Gasteiger partial charge is 0.492 e. The number of para-hydroxylation sites is 2. The normalized spacial score (nSPS) is 16.4. The molecule has 0 spiro atoms. The average Bonchev–Trinajstić information content (AvgIpc) is 3.06. The summed E-state index contributed by atoms with van der Waals surface area (Å²) in [6.45, 7) is 3.32. The second-order valence-corrected chi connectivity index (χ2v) is 6.91. The number of anilines is 1. The van der Waals surface area contributed by atoms with Gasteiger partial charge in [0.1, 0.15) is 5.75 Å². The lowest BCUT2D eigenvalue weighted by Gasteiger charge is -2.20. The Hall–Kier alpha value is -2.53. The Bertz CT molecular complexity index is 807. The number of nitrogens with one attached hydrogen (secondary N) is 1. The van der Waals surface area contributed by atoms with Crippen LogP contribution in [0.2, 0.25) is 5.02 Å². The Morgan fingerprint density at radius 1 is 1.22 bits per heavy atom. The molecule has 2 aromatic rings. The van der Waals surface area contributed by atoms with Gasteiger partial charge in [0.15, 0.2) is 0 Å². The molecular weight excluding hydrogens is 364 g/mol. The zero-order chi connectivity index (χ0) is 19.2. The van der Waals surface area contributed by atoms with Crippen molar-refractivity contribution in [2.45, 2.75) is 19.8 Å². The Labute approximate surface area is 164 Å². The van der Waals surface area contributed by atoms with Crippen LogP contribution < -0.4 is 15.0 Å². The van der Waals surface area contributed by atoms with Crippen molar-refractivity contribution < 1.29 is 14.3 Å². The highest BCUT2D eigenvalue weighted by Crippen LogP contribution is 2.33. The summed E-state index contributed by atoms with van der Waals surface area (Å²) in [7, 11) is 0. The maximum atomic E-state index is 12.5. The predicted octanol–water partition coefficient (Wildman–Crippen LogP) is 3.45. The van der Waals surface area contributed by atoms with Gasteiger partial charge >= 0.3 is 0 Å². The second kappa shape index (κ2) is 8.91. The first-order chi connectivity index (χ1) is 13.1. The van der Waals surface area contributed by atoms with Crippen molar-refractivity contribution in [3.63, 3.8) is 0 Å². The molecule has 0 saturated carbocycles. The molecule has 0 bridgehead atoms. The number of halogens is 1. The van der Waals surface area contributed by atoms with Crippen LogP contribution in [0.25, 0.3) is 0 Å². The van der Waals surface area contributed by atoms with E-state index in [0.717, 1.165) is 17.7 Å². The summed E-state index contributed by atoms with van der Waals surface area (Å²) >= 11 is 5.88. The highest BCUT2D eigenvalue weighted by Gasteiger charge is 2.36. The molecule has 1 aliphatic rings. The lowest BCUT2D eigenvalue weighted by molar-refractivity contribution is -0.126. The number of nitrogens with zero attached hydrogens (tertiary/aromatic N) is 1. The quantitative estimate of drug-likeness (QED) is 0.792. The summed E-state index contributed by atoms with van der Waals surface area (Å²) in [5, 5.41) is 3.63. The lowest BCUT2D eigenvalue weighted by atomic mass is 10.1. The van der Waals surface area contributed by atoms with E-state index in [0.29, 0.717) is 30.5 Å². The summed E-state index contributed by atoms with van der Waals surface area (Å²) in [6, 6.07) is 15.0. The molecule has 1 N–H and O–H groups in total. The van der Waals surface area contributed by atoms with Crippen LogP contribution in [0.4, 0.5) is 5.69 Å². The molecule has 1 heterocycles. The molecular formula is C21H23ClN2O3. The van der Waals surface area contributed by atoms with E-state index >= 15 is 0 Å². The Balaban J connectivity index is 1.56. The standard InChI is InChI=1S/C21H23ClN2O3/c1-2-27-19-6-4-3-5-18(19)24-14-16(13-20(24)25)21(26)23-12-11-15-7-9-17(22)10-8-15/h3-10,16H,2,11-14H2,1H3,(H,23,26). The SMILES string of the molecule is CCOc1ccccc1N1CC(C(=O)NCCc2ccc(Cl)cc2)CC1=O. The molecule has 1 saturated heterocycles. The van der Waals surface area contributed by atoms with E-state index in [2.05, 4.69) is 5.32 Å². The molecule has 1 unspecified atom stereocenters. The van der Waals surface area contributed by atoms with E-state index in [9.17, 15) is 9.59 Å². The highest BCUT2D eigenvalue weighted by atomic mass is 35.5. The van der Waals surface area contributed by atoms with Crippen molar-refractivity contribution in [2.24, 2.45) is 5.92 Å².